The smallest absolute Gasteiger partial charge is 0.0991 e. The summed E-state index contributed by atoms with van der Waals surface area (Å²) in [6.45, 7) is 4.48. The van der Waals surface area contributed by atoms with Gasteiger partial charge in [-0.25, -0.2) is 0 Å². The fourth-order valence-electron chi connectivity index (χ4n) is 8.31. The van der Waals surface area contributed by atoms with E-state index in [1.165, 1.54) is 58.8 Å². The summed E-state index contributed by atoms with van der Waals surface area (Å²) in [4.78, 5) is 6.57. The van der Waals surface area contributed by atoms with Crippen LogP contribution in [-0.4, -0.2) is 4.98 Å². The maximum atomic E-state index is 9.54. The number of nitrogens with zero attached hydrogens (tertiary/aromatic N) is 3. The van der Waals surface area contributed by atoms with Crippen molar-refractivity contribution in [3.63, 3.8) is 0 Å². The van der Waals surface area contributed by atoms with Crippen LogP contribution in [0.5, 0.6) is 0 Å². The molecule has 0 bridgehead atoms. The zero-order valence-corrected chi connectivity index (χ0v) is 33.0. The second-order valence-electron chi connectivity index (χ2n) is 14.8. The molecule has 0 aliphatic rings. The molecule has 278 valence electrons. The van der Waals surface area contributed by atoms with Gasteiger partial charge < -0.3 is 4.90 Å². The second-order valence-corrected chi connectivity index (χ2v) is 15.9. The summed E-state index contributed by atoms with van der Waals surface area (Å²) in [5, 5.41) is 16.6. The van der Waals surface area contributed by atoms with Gasteiger partial charge in [0, 0.05) is 49.6 Å². The number of nitriles is 1. The maximum absolute atomic E-state index is 9.54. The molecule has 0 saturated carbocycles. The molecule has 4 heteroatoms. The van der Waals surface area contributed by atoms with Gasteiger partial charge >= 0.3 is 0 Å². The van der Waals surface area contributed by atoms with E-state index in [-0.39, 0.29) is 0 Å². The third-order valence-electron chi connectivity index (χ3n) is 11.2. The standard InChI is InChI=1S/C55H37N3S/c1-37-10-2-5-15-47(37)55(52-18-8-13-41-11-3-6-16-48(41)52)49-17-7-4-12-42(49)32-39-21-29-50-51-30-28-46(34-54(51)59-53(50)33-39)58(44-24-19-38(35-56)20-25-44)45-26-22-40(23-27-45)43-14-9-31-57-36-43/h2-31,33-34,36H,1,32H2/b55-47+. The quantitative estimate of drug-likeness (QED) is 0.154. The molecule has 0 atom stereocenters. The molecule has 0 N–H and O–H groups in total. The zero-order valence-electron chi connectivity index (χ0n) is 32.2. The minimum absolute atomic E-state index is 0.633. The van der Waals surface area contributed by atoms with Gasteiger partial charge in [0.05, 0.1) is 11.6 Å². The normalized spacial score (nSPS) is 11.8. The molecule has 0 aliphatic carbocycles. The molecule has 0 amide bonds. The minimum Gasteiger partial charge on any atom is -0.310 e. The van der Waals surface area contributed by atoms with Crippen molar-refractivity contribution in [2.75, 3.05) is 4.90 Å². The number of rotatable bonds is 8. The zero-order chi connectivity index (χ0) is 39.7. The number of aromatic nitrogens is 1. The van der Waals surface area contributed by atoms with Gasteiger partial charge in [-0.2, -0.15) is 5.26 Å². The first-order valence-corrected chi connectivity index (χ1v) is 20.5. The van der Waals surface area contributed by atoms with Crippen molar-refractivity contribution < 1.29 is 0 Å². The van der Waals surface area contributed by atoms with Crippen molar-refractivity contribution in [1.29, 1.82) is 5.26 Å². The highest BCUT2D eigenvalue weighted by Crippen LogP contribution is 2.42. The Morgan fingerprint density at radius 1 is 0.576 bits per heavy atom. The molecule has 2 heterocycles. The summed E-state index contributed by atoms with van der Waals surface area (Å²) < 4.78 is 2.48. The second kappa shape index (κ2) is 15.4. The van der Waals surface area contributed by atoms with Gasteiger partial charge in [0.15, 0.2) is 0 Å². The van der Waals surface area contributed by atoms with Crippen LogP contribution in [0.4, 0.5) is 17.1 Å². The van der Waals surface area contributed by atoms with Gasteiger partial charge in [0.1, 0.15) is 0 Å². The highest BCUT2D eigenvalue weighted by Gasteiger charge is 2.18. The summed E-state index contributed by atoms with van der Waals surface area (Å²) in [5.41, 5.74) is 12.1. The number of benzene rings is 8. The predicted octanol–water partition coefficient (Wildman–Crippen LogP) is 12.9. The van der Waals surface area contributed by atoms with Gasteiger partial charge in [0.2, 0.25) is 0 Å². The average molecular weight is 772 g/mol. The molecule has 8 aromatic carbocycles. The highest BCUT2D eigenvalue weighted by atomic mass is 32.1. The Hall–Kier alpha value is -7.58. The van der Waals surface area contributed by atoms with E-state index in [0.717, 1.165) is 45.0 Å². The van der Waals surface area contributed by atoms with Crippen LogP contribution in [0.2, 0.25) is 0 Å². The molecule has 0 radical (unpaired) electrons. The number of pyridine rings is 1. The lowest BCUT2D eigenvalue weighted by Crippen LogP contribution is -2.26. The van der Waals surface area contributed by atoms with Crippen molar-refractivity contribution in [2.24, 2.45) is 0 Å². The molecule has 2 aromatic heterocycles. The van der Waals surface area contributed by atoms with E-state index in [0.29, 0.717) is 5.56 Å². The first kappa shape index (κ1) is 35.8. The van der Waals surface area contributed by atoms with E-state index in [2.05, 4.69) is 180 Å². The molecule has 0 aliphatic heterocycles. The fraction of sp³-hybridized carbons (Fsp3) is 0.0182. The minimum atomic E-state index is 0.633. The van der Waals surface area contributed by atoms with E-state index in [1.807, 2.05) is 47.9 Å². The van der Waals surface area contributed by atoms with E-state index < -0.39 is 0 Å². The van der Waals surface area contributed by atoms with Crippen LogP contribution >= 0.6 is 11.3 Å². The summed E-state index contributed by atoms with van der Waals surface area (Å²) in [5.74, 6) is 0. The number of hydrogen-bond donors (Lipinski definition) is 0. The summed E-state index contributed by atoms with van der Waals surface area (Å²) in [6.07, 6.45) is 4.47. The largest absolute Gasteiger partial charge is 0.310 e. The summed E-state index contributed by atoms with van der Waals surface area (Å²) >= 11 is 1.83. The highest BCUT2D eigenvalue weighted by molar-refractivity contribution is 7.25. The molecule has 0 saturated heterocycles. The Morgan fingerprint density at radius 3 is 2.05 bits per heavy atom. The van der Waals surface area contributed by atoms with Gasteiger partial charge in [-0.1, -0.05) is 134 Å². The molecule has 0 unspecified atom stereocenters. The van der Waals surface area contributed by atoms with E-state index in [9.17, 15) is 5.26 Å². The molecular weight excluding hydrogens is 735 g/mol. The average Bonchev–Trinajstić information content (AvgIpc) is 3.66. The van der Waals surface area contributed by atoms with Crippen LogP contribution in [0.1, 0.15) is 27.8 Å². The Bertz CT molecular complexity index is 3320. The van der Waals surface area contributed by atoms with E-state index >= 15 is 0 Å². The first-order chi connectivity index (χ1) is 29.1. The number of hydrogen-bond acceptors (Lipinski definition) is 4. The first-order valence-electron chi connectivity index (χ1n) is 19.7. The number of fused-ring (bicyclic) bond motifs is 4. The van der Waals surface area contributed by atoms with Crippen LogP contribution < -0.4 is 15.3 Å². The lowest BCUT2D eigenvalue weighted by Gasteiger charge is -2.26. The molecule has 0 spiro atoms. The molecule has 10 aromatic rings. The van der Waals surface area contributed by atoms with Gasteiger partial charge in [0.25, 0.3) is 0 Å². The van der Waals surface area contributed by atoms with Crippen molar-refractivity contribution in [1.82, 2.24) is 4.98 Å². The molecular formula is C55H37N3S. The Balaban J connectivity index is 1.04. The van der Waals surface area contributed by atoms with Gasteiger partial charge in [-0.05, 0) is 127 Å². The summed E-state index contributed by atoms with van der Waals surface area (Å²) in [6, 6.07) is 69.0. The summed E-state index contributed by atoms with van der Waals surface area (Å²) in [7, 11) is 0. The molecule has 59 heavy (non-hydrogen) atoms. The predicted molar refractivity (Wildman–Crippen MR) is 248 cm³/mol. The van der Waals surface area contributed by atoms with Crippen LogP contribution in [0, 0.1) is 11.3 Å². The number of anilines is 3. The Labute approximate surface area is 347 Å². The lowest BCUT2D eigenvalue weighted by atomic mass is 9.87. The van der Waals surface area contributed by atoms with Crippen molar-refractivity contribution >= 4 is 71.5 Å². The third-order valence-corrected chi connectivity index (χ3v) is 12.3. The SMILES string of the molecule is C=c1cccc/c1=C(/c1ccccc1Cc1ccc2c(c1)sc1cc(N(c3ccc(C#N)cc3)c3ccc(-c4cccnc4)cc3)ccc12)c1cccc2ccccc12. The number of thiophene rings is 1. The molecule has 3 nitrogen and oxygen atoms in total. The fourth-order valence-corrected chi connectivity index (χ4v) is 9.51. The van der Waals surface area contributed by atoms with Crippen LogP contribution in [0.3, 0.4) is 0 Å². The van der Waals surface area contributed by atoms with Crippen molar-refractivity contribution in [2.45, 2.75) is 6.42 Å². The van der Waals surface area contributed by atoms with Crippen LogP contribution in [0.25, 0.3) is 54.2 Å². The maximum Gasteiger partial charge on any atom is 0.0991 e. The van der Waals surface area contributed by atoms with Crippen molar-refractivity contribution in [3.8, 4) is 17.2 Å². The van der Waals surface area contributed by atoms with Crippen LogP contribution in [-0.2, 0) is 6.42 Å². The van der Waals surface area contributed by atoms with Gasteiger partial charge in [-0.3, -0.25) is 4.98 Å². The van der Waals surface area contributed by atoms with Crippen molar-refractivity contribution in [3.05, 3.63) is 239 Å². The van der Waals surface area contributed by atoms with Gasteiger partial charge in [-0.15, -0.1) is 11.3 Å². The van der Waals surface area contributed by atoms with E-state index in [4.69, 9.17) is 0 Å². The lowest BCUT2D eigenvalue weighted by molar-refractivity contribution is 1.18. The molecule has 10 rings (SSSR count). The molecule has 0 fully saturated rings. The Morgan fingerprint density at radius 2 is 1.25 bits per heavy atom. The monoisotopic (exact) mass is 771 g/mol. The van der Waals surface area contributed by atoms with Crippen LogP contribution in [0.15, 0.2) is 200 Å². The third kappa shape index (κ3) is 6.84. The van der Waals surface area contributed by atoms with E-state index in [1.54, 1.807) is 6.20 Å². The topological polar surface area (TPSA) is 39.9 Å². The Kier molecular flexibility index (Phi) is 9.35.